The fourth-order valence-electron chi connectivity index (χ4n) is 9.64. The van der Waals surface area contributed by atoms with Gasteiger partial charge in [0.05, 0.1) is 52.5 Å². The van der Waals surface area contributed by atoms with Crippen molar-refractivity contribution in [3.8, 4) is 0 Å². The number of aliphatic hydroxyl groups is 5. The van der Waals surface area contributed by atoms with Crippen molar-refractivity contribution >= 4 is 16.0 Å². The molecule has 61 heavy (non-hydrogen) atoms. The van der Waals surface area contributed by atoms with Gasteiger partial charge in [0.25, 0.3) is 0 Å². The zero-order chi connectivity index (χ0) is 46.2. The summed E-state index contributed by atoms with van der Waals surface area (Å²) in [7, 11) is 0.609. The third-order valence-electron chi connectivity index (χ3n) is 13.7. The number of benzene rings is 1. The highest BCUT2D eigenvalue weighted by atomic mass is 32.2. The highest BCUT2D eigenvalue weighted by Gasteiger charge is 2.53. The number of carbonyl (C=O) groups excluding carboxylic acids is 1. The van der Waals surface area contributed by atoms with E-state index in [1.165, 1.54) is 33.2 Å². The van der Waals surface area contributed by atoms with E-state index in [0.717, 1.165) is 9.87 Å². The number of nitrogens with zero attached hydrogens (tertiary/aromatic N) is 2. The van der Waals surface area contributed by atoms with Crippen LogP contribution in [0.25, 0.3) is 0 Å². The van der Waals surface area contributed by atoms with Crippen molar-refractivity contribution in [2.24, 2.45) is 17.8 Å². The van der Waals surface area contributed by atoms with Crippen molar-refractivity contribution in [2.75, 3.05) is 27.7 Å². The summed E-state index contributed by atoms with van der Waals surface area (Å²) in [5, 5.41) is 59.1. The third-order valence-corrected chi connectivity index (χ3v) is 15.6. The molecule has 0 saturated carbocycles. The standard InChI is InChI=1S/C44H76N2O14S/c1-15-33-44(11,52)37(48)29(7)45(12)23-25(3)21-42(9,51)39(27(5)36(28(6)40(50)58-33)59-34-22-43(10,55-14)38(49)30(8)57-34)60-41-35(47)32(20-26(4)56-41)46(13)61(53,54)31-18-16-24(2)17-19-31/h16-19,25-30,32-39,41,47-49,51-52H,15,20-23H2,1-14H3/t25-,26-,27+,28-,29-,30+,32+,33-,34+,35-,36+,37-,38+,39-,41+,42-,43-,44-/m1/s1. The maximum atomic E-state index is 14.4. The van der Waals surface area contributed by atoms with E-state index < -0.39 is 118 Å². The molecule has 0 bridgehead atoms. The molecule has 4 rings (SSSR count). The maximum Gasteiger partial charge on any atom is 0.311 e. The largest absolute Gasteiger partial charge is 0.459 e. The number of rotatable bonds is 9. The predicted molar refractivity (Wildman–Crippen MR) is 227 cm³/mol. The monoisotopic (exact) mass is 889 g/mol. The number of hydrogen-bond acceptors (Lipinski definition) is 15. The molecule has 17 heteroatoms. The Morgan fingerprint density at radius 3 is 2.11 bits per heavy atom. The lowest BCUT2D eigenvalue weighted by Crippen LogP contribution is -2.61. The molecular weight excluding hydrogens is 813 g/mol. The molecule has 352 valence electrons. The van der Waals surface area contributed by atoms with Gasteiger partial charge in [-0.05, 0) is 99.8 Å². The van der Waals surface area contributed by atoms with E-state index in [2.05, 4.69) is 0 Å². The summed E-state index contributed by atoms with van der Waals surface area (Å²) in [4.78, 5) is 16.3. The Bertz CT molecular complexity index is 1700. The van der Waals surface area contributed by atoms with Crippen LogP contribution in [0.3, 0.4) is 0 Å². The lowest BCUT2D eigenvalue weighted by atomic mass is 9.77. The highest BCUT2D eigenvalue weighted by Crippen LogP contribution is 2.40. The zero-order valence-corrected chi connectivity index (χ0v) is 39.5. The Balaban J connectivity index is 1.83. The molecule has 3 aliphatic heterocycles. The molecule has 0 unspecified atom stereocenters. The van der Waals surface area contributed by atoms with Crippen molar-refractivity contribution in [3.63, 3.8) is 0 Å². The molecule has 3 saturated heterocycles. The smallest absolute Gasteiger partial charge is 0.311 e. The van der Waals surface area contributed by atoms with E-state index in [9.17, 15) is 38.7 Å². The quantitative estimate of drug-likeness (QED) is 0.226. The van der Waals surface area contributed by atoms with Crippen LogP contribution in [0.1, 0.15) is 100 Å². The average molecular weight is 889 g/mol. The van der Waals surface area contributed by atoms with Gasteiger partial charge in [-0.25, -0.2) is 8.42 Å². The summed E-state index contributed by atoms with van der Waals surface area (Å²) < 4.78 is 66.6. The molecule has 0 aliphatic carbocycles. The summed E-state index contributed by atoms with van der Waals surface area (Å²) in [5.74, 6) is -3.03. The van der Waals surface area contributed by atoms with Gasteiger partial charge in [-0.2, -0.15) is 4.31 Å². The first-order valence-corrected chi connectivity index (χ1v) is 23.2. The number of esters is 1. The number of methoxy groups -OCH3 is 1. The van der Waals surface area contributed by atoms with Crippen LogP contribution >= 0.6 is 0 Å². The number of hydrogen-bond donors (Lipinski definition) is 5. The SMILES string of the molecule is CC[C@H]1OC(=O)[C@H](C)[C@@H](O[C@H]2C[C@@](C)(OC)[C@@H](O)[C@H](C)O2)[C@H](C)[C@@H](O[C@@H]2O[C@H](C)C[C@H](N(C)S(=O)(=O)c3ccc(C)cc3)[C@H]2O)[C@](C)(O)C[C@@H](C)CN(C)[C@H](C)[C@@H](O)[C@]1(C)O. The number of aryl methyl sites for hydroxylation is 1. The van der Waals surface area contributed by atoms with E-state index in [-0.39, 0.29) is 36.5 Å². The first-order chi connectivity index (χ1) is 28.1. The molecule has 18 atom stereocenters. The van der Waals surface area contributed by atoms with Crippen LogP contribution in [0, 0.1) is 24.7 Å². The lowest BCUT2D eigenvalue weighted by molar-refractivity contribution is -0.317. The van der Waals surface area contributed by atoms with Crippen LogP contribution < -0.4 is 0 Å². The van der Waals surface area contributed by atoms with Crippen LogP contribution in [0.4, 0.5) is 0 Å². The van der Waals surface area contributed by atoms with Crippen LogP contribution in [0.15, 0.2) is 29.2 Å². The molecule has 0 amide bonds. The molecular formula is C44H76N2O14S. The van der Waals surface area contributed by atoms with Gasteiger partial charge in [0.1, 0.15) is 30.0 Å². The topological polar surface area (TPSA) is 214 Å². The second-order valence-corrected chi connectivity index (χ2v) is 21.0. The van der Waals surface area contributed by atoms with Gasteiger partial charge in [-0.3, -0.25) is 4.79 Å². The fraction of sp³-hybridized carbons (Fsp3) is 0.841. The van der Waals surface area contributed by atoms with Crippen LogP contribution in [0.5, 0.6) is 0 Å². The molecule has 16 nitrogen and oxygen atoms in total. The highest BCUT2D eigenvalue weighted by molar-refractivity contribution is 7.89. The van der Waals surface area contributed by atoms with E-state index in [1.807, 2.05) is 18.7 Å². The van der Waals surface area contributed by atoms with Gasteiger partial charge in [0.15, 0.2) is 12.6 Å². The number of ether oxygens (including phenoxy) is 6. The van der Waals surface area contributed by atoms with E-state index in [4.69, 9.17) is 28.4 Å². The molecule has 3 aliphatic rings. The minimum Gasteiger partial charge on any atom is -0.459 e. The van der Waals surface area contributed by atoms with E-state index >= 15 is 0 Å². The minimum atomic E-state index is -4.07. The molecule has 1 aromatic rings. The van der Waals surface area contributed by atoms with Crippen molar-refractivity contribution in [1.29, 1.82) is 0 Å². The predicted octanol–water partition coefficient (Wildman–Crippen LogP) is 2.97. The zero-order valence-electron chi connectivity index (χ0n) is 38.7. The third kappa shape index (κ3) is 11.3. The van der Waals surface area contributed by atoms with Crippen molar-refractivity contribution in [1.82, 2.24) is 9.21 Å². The summed E-state index contributed by atoms with van der Waals surface area (Å²) in [5.41, 5.74) is -3.78. The summed E-state index contributed by atoms with van der Waals surface area (Å²) >= 11 is 0. The fourth-order valence-corrected chi connectivity index (χ4v) is 11.0. The Morgan fingerprint density at radius 2 is 1.54 bits per heavy atom. The summed E-state index contributed by atoms with van der Waals surface area (Å²) in [6, 6.07) is 4.84. The summed E-state index contributed by atoms with van der Waals surface area (Å²) in [6.07, 6.45) is -10.7. The van der Waals surface area contributed by atoms with Crippen LogP contribution in [0.2, 0.25) is 0 Å². The number of cyclic esters (lactones) is 1. The molecule has 0 spiro atoms. The van der Waals surface area contributed by atoms with Crippen LogP contribution in [-0.4, -0.2) is 167 Å². The van der Waals surface area contributed by atoms with Gasteiger partial charge in [-0.1, -0.05) is 38.5 Å². The molecule has 3 heterocycles. The van der Waals surface area contributed by atoms with Gasteiger partial charge in [0, 0.05) is 39.1 Å². The van der Waals surface area contributed by atoms with Crippen molar-refractivity contribution in [3.05, 3.63) is 29.8 Å². The second kappa shape index (κ2) is 20.1. The molecule has 0 aromatic heterocycles. The minimum absolute atomic E-state index is 0.0626. The van der Waals surface area contributed by atoms with Gasteiger partial charge in [0.2, 0.25) is 10.0 Å². The second-order valence-electron chi connectivity index (χ2n) is 19.0. The molecule has 0 radical (unpaired) electrons. The van der Waals surface area contributed by atoms with Gasteiger partial charge < -0.3 is 58.9 Å². The maximum absolute atomic E-state index is 14.4. The van der Waals surface area contributed by atoms with Crippen LogP contribution in [-0.2, 0) is 43.2 Å². The Hall–Kier alpha value is -1.84. The van der Waals surface area contributed by atoms with E-state index in [1.54, 1.807) is 74.6 Å². The number of aliphatic hydroxyl groups excluding tert-OH is 3. The van der Waals surface area contributed by atoms with Crippen molar-refractivity contribution < 1.29 is 67.2 Å². The molecule has 5 N–H and O–H groups in total. The Labute approximate surface area is 363 Å². The molecule has 3 fully saturated rings. The first-order valence-electron chi connectivity index (χ1n) is 21.7. The van der Waals surface area contributed by atoms with Gasteiger partial charge >= 0.3 is 5.97 Å². The number of carbonyl (C=O) groups is 1. The lowest BCUT2D eigenvalue weighted by Gasteiger charge is -2.48. The Kier molecular flexibility index (Phi) is 17.1. The summed E-state index contributed by atoms with van der Waals surface area (Å²) in [6.45, 7) is 19.2. The van der Waals surface area contributed by atoms with E-state index in [0.29, 0.717) is 6.54 Å². The van der Waals surface area contributed by atoms with Crippen molar-refractivity contribution in [2.45, 2.75) is 197 Å². The van der Waals surface area contributed by atoms with Gasteiger partial charge in [-0.15, -0.1) is 0 Å². The normalized spacial score (nSPS) is 44.3. The first kappa shape index (κ1) is 51.8. The number of sulfonamides is 1. The number of likely N-dealkylation sites (N-methyl/N-ethyl adjacent to an activating group) is 2. The molecule has 1 aromatic carbocycles. The average Bonchev–Trinajstić information content (AvgIpc) is 3.18. The Morgan fingerprint density at radius 1 is 0.934 bits per heavy atom.